The Labute approximate surface area is 304 Å². The van der Waals surface area contributed by atoms with Crippen molar-refractivity contribution >= 4 is 44.9 Å². The monoisotopic (exact) mass is 706 g/mol. The molecular weight excluding hydrogens is 683 g/mol. The summed E-state index contributed by atoms with van der Waals surface area (Å²) in [6.45, 7) is 1.60. The van der Waals surface area contributed by atoms with E-state index in [-0.39, 0.29) is 87.6 Å². The largest absolute Gasteiger partial charge is 1.00 e. The molecule has 0 atom stereocenters. The topological polar surface area (TPSA) is 231 Å². The Morgan fingerprint density at radius 2 is 1.26 bits per heavy atom. The van der Waals surface area contributed by atoms with Crippen LogP contribution in [0.4, 0.5) is 34.1 Å². The number of nitro groups is 2. The summed E-state index contributed by atoms with van der Waals surface area (Å²) in [4.78, 5) is 32.8. The van der Waals surface area contributed by atoms with Crippen LogP contribution in [0.5, 0.6) is 17.2 Å². The molecule has 0 spiro atoms. The molecule has 1 heterocycles. The molecule has 0 unspecified atom stereocenters. The van der Waals surface area contributed by atoms with Crippen molar-refractivity contribution in [1.29, 1.82) is 0 Å². The van der Waals surface area contributed by atoms with Gasteiger partial charge in [-0.25, -0.2) is 9.78 Å². The second-order valence-corrected chi connectivity index (χ2v) is 9.90. The Kier molecular flexibility index (Phi) is 12.9. The van der Waals surface area contributed by atoms with E-state index in [1.165, 1.54) is 22.9 Å². The second-order valence-electron chi connectivity index (χ2n) is 9.90. The minimum atomic E-state index is -0.615. The van der Waals surface area contributed by atoms with E-state index < -0.39 is 15.4 Å². The van der Waals surface area contributed by atoms with Gasteiger partial charge in [-0.05, 0) is 35.7 Å². The van der Waals surface area contributed by atoms with Gasteiger partial charge in [0.25, 0.3) is 11.4 Å². The Hall–Kier alpha value is -6.10. The number of para-hydroxylation sites is 1. The van der Waals surface area contributed by atoms with Gasteiger partial charge in [-0.1, -0.05) is 61.1 Å². The molecule has 0 amide bonds. The minimum absolute atomic E-state index is 0. The van der Waals surface area contributed by atoms with E-state index in [4.69, 9.17) is 0 Å². The van der Waals surface area contributed by atoms with Gasteiger partial charge in [-0.15, -0.1) is 15.9 Å². The number of benzene rings is 5. The number of phenolic OH excluding ortho intramolecular Hbond substituents is 3. The van der Waals surface area contributed by atoms with Crippen molar-refractivity contribution < 1.29 is 61.4 Å². The summed E-state index contributed by atoms with van der Waals surface area (Å²) in [6, 6.07) is 26.1. The SMILES string of the molecule is Cc1nn(-c2ccccc2)c(=O)[c-]1N=Nc1cc([N+](=O)[O-])ccc1O.O=[N+]([O-])c1ccc(O)c(N=Nc2c(O)ccc3ccccc23)c1.[Cr].[Li+]. The van der Waals surface area contributed by atoms with Crippen molar-refractivity contribution in [2.45, 2.75) is 6.92 Å². The van der Waals surface area contributed by atoms with E-state index >= 15 is 0 Å². The van der Waals surface area contributed by atoms with Crippen LogP contribution in [0.15, 0.2) is 128 Å². The number of azo groups is 2. The molecule has 0 saturated carbocycles. The van der Waals surface area contributed by atoms with Gasteiger partial charge in [0.1, 0.15) is 39.9 Å². The second kappa shape index (κ2) is 16.8. The van der Waals surface area contributed by atoms with Gasteiger partial charge in [0.05, 0.1) is 15.5 Å². The van der Waals surface area contributed by atoms with Gasteiger partial charge >= 0.3 is 18.9 Å². The quantitative estimate of drug-likeness (QED) is 0.0675. The van der Waals surface area contributed by atoms with Gasteiger partial charge < -0.3 is 25.2 Å². The maximum atomic E-state index is 12.4. The number of hydrogen-bond donors (Lipinski definition) is 3. The first-order valence-electron chi connectivity index (χ1n) is 13.8. The van der Waals surface area contributed by atoms with Crippen LogP contribution in [0.25, 0.3) is 16.5 Å². The summed E-state index contributed by atoms with van der Waals surface area (Å²) in [5.74, 6) is -0.591. The average molecular weight is 707 g/mol. The van der Waals surface area contributed by atoms with Crippen molar-refractivity contribution in [3.05, 3.63) is 139 Å². The van der Waals surface area contributed by atoms with E-state index in [1.54, 1.807) is 49.4 Å². The molecule has 0 saturated heterocycles. The Morgan fingerprint density at radius 1 is 0.720 bits per heavy atom. The third-order valence-corrected chi connectivity index (χ3v) is 6.72. The molecule has 18 heteroatoms. The summed E-state index contributed by atoms with van der Waals surface area (Å²) in [5, 5.41) is 72.1. The molecule has 5 aromatic carbocycles. The van der Waals surface area contributed by atoms with Crippen LogP contribution in [0.1, 0.15) is 5.69 Å². The molecule has 0 aliphatic rings. The van der Waals surface area contributed by atoms with Crippen molar-refractivity contribution in [2.24, 2.45) is 20.5 Å². The predicted molar refractivity (Wildman–Crippen MR) is 174 cm³/mol. The van der Waals surface area contributed by atoms with Crippen LogP contribution in [0.3, 0.4) is 0 Å². The van der Waals surface area contributed by atoms with Crippen LogP contribution in [-0.2, 0) is 17.4 Å². The fourth-order valence-corrected chi connectivity index (χ4v) is 4.32. The summed E-state index contributed by atoms with van der Waals surface area (Å²) >= 11 is 0. The van der Waals surface area contributed by atoms with Gasteiger partial charge in [0.2, 0.25) is 0 Å². The maximum Gasteiger partial charge on any atom is 1.00 e. The van der Waals surface area contributed by atoms with E-state index in [9.17, 15) is 40.3 Å². The van der Waals surface area contributed by atoms with Crippen LogP contribution in [0.2, 0.25) is 0 Å². The Bertz CT molecular complexity index is 2290. The number of aromatic hydroxyl groups is 3. The maximum absolute atomic E-state index is 12.4. The molecule has 246 valence electrons. The van der Waals surface area contributed by atoms with E-state index in [2.05, 4.69) is 25.6 Å². The summed E-state index contributed by atoms with van der Waals surface area (Å²) in [5.41, 5.74) is 0.0654. The summed E-state index contributed by atoms with van der Waals surface area (Å²) < 4.78 is 1.19. The molecule has 0 aliphatic heterocycles. The molecule has 16 nitrogen and oxygen atoms in total. The van der Waals surface area contributed by atoms with Crippen molar-refractivity contribution in [3.8, 4) is 22.9 Å². The molecule has 1 aromatic heterocycles. The Morgan fingerprint density at radius 3 is 1.86 bits per heavy atom. The summed E-state index contributed by atoms with van der Waals surface area (Å²) in [6.07, 6.45) is 0. The average Bonchev–Trinajstić information content (AvgIpc) is 3.37. The van der Waals surface area contributed by atoms with Crippen molar-refractivity contribution in [3.63, 3.8) is 0 Å². The normalized spacial score (nSPS) is 10.7. The van der Waals surface area contributed by atoms with Crippen LogP contribution >= 0.6 is 0 Å². The number of non-ortho nitro benzene ring substituents is 2. The first-order valence-corrected chi connectivity index (χ1v) is 13.8. The summed E-state index contributed by atoms with van der Waals surface area (Å²) in [7, 11) is 0. The molecule has 6 rings (SSSR count). The molecule has 6 aromatic rings. The number of aromatic nitrogens is 2. The Balaban J connectivity index is 0.000000261. The molecule has 3 N–H and O–H groups in total. The molecular formula is C32H23CrLiN8O8. The number of nitrogens with zero attached hydrogens (tertiary/aromatic N) is 8. The first kappa shape index (κ1) is 38.3. The zero-order valence-corrected chi connectivity index (χ0v) is 27.5. The third kappa shape index (κ3) is 8.67. The smallest absolute Gasteiger partial charge is 0.506 e. The van der Waals surface area contributed by atoms with Crippen molar-refractivity contribution in [2.75, 3.05) is 0 Å². The van der Waals surface area contributed by atoms with Crippen molar-refractivity contribution in [1.82, 2.24) is 9.78 Å². The standard InChI is InChI=1S/C16H12N5O4.C16H11N3O4.Cr.Li/c1-10-15(16(23)20(19-10)11-5-3-2-4-6-11)18-17-13-9-12(21(24)25)7-8-14(13)22;20-14-8-6-11(19(22)23)9-13(14)17-18-16-12-4-2-1-3-10(12)5-7-15(16)21;;/h2-9,22H,1H3;1-9,20-21H;;/q-1;;;+1. The van der Waals surface area contributed by atoms with Gasteiger partial charge in [0.15, 0.2) is 0 Å². The van der Waals surface area contributed by atoms with Gasteiger partial charge in [-0.3, -0.25) is 20.2 Å². The van der Waals surface area contributed by atoms with Gasteiger partial charge in [-0.2, -0.15) is 5.11 Å². The van der Waals surface area contributed by atoms with Crippen LogP contribution in [0, 0.1) is 27.2 Å². The molecule has 0 radical (unpaired) electrons. The molecule has 50 heavy (non-hydrogen) atoms. The first-order chi connectivity index (χ1) is 23.0. The van der Waals surface area contributed by atoms with E-state index in [0.717, 1.165) is 29.7 Å². The number of fused-ring (bicyclic) bond motifs is 1. The van der Waals surface area contributed by atoms with Crippen LogP contribution in [-0.4, -0.2) is 34.9 Å². The molecule has 0 fully saturated rings. The van der Waals surface area contributed by atoms with Gasteiger partial charge in [0, 0.05) is 47.0 Å². The fraction of sp³-hybridized carbons (Fsp3) is 0.0312. The minimum Gasteiger partial charge on any atom is -0.506 e. The predicted octanol–water partition coefficient (Wildman–Crippen LogP) is 4.87. The number of hydrogen-bond acceptors (Lipinski definition) is 13. The zero-order chi connectivity index (χ0) is 34.4. The fourth-order valence-electron chi connectivity index (χ4n) is 4.32. The molecule has 0 bridgehead atoms. The van der Waals surface area contributed by atoms with E-state index in [0.29, 0.717) is 16.8 Å². The van der Waals surface area contributed by atoms with Crippen LogP contribution < -0.4 is 24.4 Å². The third-order valence-electron chi connectivity index (χ3n) is 6.72. The number of phenols is 3. The number of nitro benzene ring substituents is 2. The van der Waals surface area contributed by atoms with E-state index in [1.807, 2.05) is 18.2 Å². The zero-order valence-electron chi connectivity index (χ0n) is 26.2. The number of aryl methyl sites for hydroxylation is 1. The number of rotatable bonds is 7. The molecule has 0 aliphatic carbocycles.